The van der Waals surface area contributed by atoms with Crippen LogP contribution >= 0.6 is 0 Å². The lowest BCUT2D eigenvalue weighted by molar-refractivity contribution is -0.146. The second-order valence-electron chi connectivity index (χ2n) is 12.8. The third-order valence-corrected chi connectivity index (χ3v) is 8.36. The first-order valence-corrected chi connectivity index (χ1v) is 15.2. The van der Waals surface area contributed by atoms with Gasteiger partial charge in [-0.1, -0.05) is 48.5 Å². The predicted octanol–water partition coefficient (Wildman–Crippen LogP) is 5.02. The second kappa shape index (κ2) is 12.4. The van der Waals surface area contributed by atoms with E-state index in [4.69, 9.17) is 15.2 Å². The van der Waals surface area contributed by atoms with Crippen LogP contribution < -0.4 is 5.73 Å². The number of nitrogens with zero attached hydrogens (tertiary/aromatic N) is 2. The standard InChI is InChI=1S/C35H41N3O6/c1-5-43-31(40)27-12-13-28-21-38(22-29(28)19-27)32(41)35(36,20-23-10-11-24-8-6-7-9-26(24)18-23)30(39)25-14-16-37(17-15-25)33(42)44-34(2,3)4/h6-13,18-19,25H,5,14-17,20-22,36H2,1-4H3. The molecule has 1 saturated heterocycles. The number of likely N-dealkylation sites (tertiary alicyclic amines) is 1. The quantitative estimate of drug-likeness (QED) is 0.299. The summed E-state index contributed by atoms with van der Waals surface area (Å²) in [7, 11) is 0. The molecule has 0 radical (unpaired) electrons. The van der Waals surface area contributed by atoms with E-state index in [9.17, 15) is 19.2 Å². The first kappa shape index (κ1) is 31.2. The largest absolute Gasteiger partial charge is 0.462 e. The molecule has 2 aliphatic rings. The van der Waals surface area contributed by atoms with Crippen molar-refractivity contribution in [1.29, 1.82) is 0 Å². The zero-order valence-electron chi connectivity index (χ0n) is 25.9. The second-order valence-corrected chi connectivity index (χ2v) is 12.8. The van der Waals surface area contributed by atoms with Crippen LogP contribution in [0.3, 0.4) is 0 Å². The summed E-state index contributed by atoms with van der Waals surface area (Å²) in [6.45, 7) is 8.68. The molecule has 2 N–H and O–H groups in total. The molecule has 0 aliphatic carbocycles. The minimum atomic E-state index is -1.81. The van der Waals surface area contributed by atoms with Crippen molar-refractivity contribution in [2.24, 2.45) is 11.7 Å². The third-order valence-electron chi connectivity index (χ3n) is 8.36. The van der Waals surface area contributed by atoms with Crippen LogP contribution in [-0.2, 0) is 38.6 Å². The summed E-state index contributed by atoms with van der Waals surface area (Å²) in [5.41, 5.74) is 7.49. The molecule has 0 spiro atoms. The number of fused-ring (bicyclic) bond motifs is 2. The number of rotatable bonds is 7. The van der Waals surface area contributed by atoms with Crippen LogP contribution in [0.25, 0.3) is 10.8 Å². The van der Waals surface area contributed by atoms with Crippen molar-refractivity contribution in [1.82, 2.24) is 9.80 Å². The van der Waals surface area contributed by atoms with E-state index in [2.05, 4.69) is 0 Å². The van der Waals surface area contributed by atoms with Crippen molar-refractivity contribution in [3.8, 4) is 0 Å². The molecule has 9 heteroatoms. The monoisotopic (exact) mass is 599 g/mol. The fraction of sp³-hybridized carbons (Fsp3) is 0.429. The summed E-state index contributed by atoms with van der Waals surface area (Å²) in [5, 5.41) is 2.05. The number of nitrogens with two attached hydrogens (primary N) is 1. The number of carbonyl (C=O) groups is 4. The van der Waals surface area contributed by atoms with Crippen LogP contribution in [0, 0.1) is 5.92 Å². The fourth-order valence-electron chi connectivity index (χ4n) is 6.12. The zero-order chi connectivity index (χ0) is 31.6. The molecule has 5 rings (SSSR count). The van der Waals surface area contributed by atoms with Gasteiger partial charge in [0.25, 0.3) is 5.91 Å². The third kappa shape index (κ3) is 6.63. The molecular formula is C35H41N3O6. The van der Waals surface area contributed by atoms with Crippen molar-refractivity contribution >= 4 is 34.5 Å². The Hall–Kier alpha value is -4.24. The van der Waals surface area contributed by atoms with Gasteiger partial charge in [0, 0.05) is 38.5 Å². The predicted molar refractivity (Wildman–Crippen MR) is 167 cm³/mol. The number of piperidine rings is 1. The summed E-state index contributed by atoms with van der Waals surface area (Å²) in [6.07, 6.45) is 0.422. The Bertz CT molecular complexity index is 1590. The van der Waals surface area contributed by atoms with Crippen LogP contribution in [0.2, 0.25) is 0 Å². The first-order valence-electron chi connectivity index (χ1n) is 15.2. The Labute approximate surface area is 258 Å². The van der Waals surface area contributed by atoms with Gasteiger partial charge in [-0.15, -0.1) is 0 Å². The van der Waals surface area contributed by atoms with Crippen molar-refractivity contribution in [2.75, 3.05) is 19.7 Å². The molecule has 1 atom stereocenters. The lowest BCUT2D eigenvalue weighted by atomic mass is 9.77. The number of benzene rings is 3. The van der Waals surface area contributed by atoms with E-state index >= 15 is 0 Å². The minimum Gasteiger partial charge on any atom is -0.462 e. The van der Waals surface area contributed by atoms with Gasteiger partial charge in [-0.25, -0.2) is 9.59 Å². The minimum absolute atomic E-state index is 0.0443. The van der Waals surface area contributed by atoms with Crippen LogP contribution in [0.1, 0.15) is 67.6 Å². The number of Topliss-reactive ketones (excluding diaryl/α,β-unsaturated/α-hetero) is 1. The highest BCUT2D eigenvalue weighted by Gasteiger charge is 2.48. The number of hydrogen-bond acceptors (Lipinski definition) is 7. The number of carbonyl (C=O) groups excluding carboxylic acids is 4. The van der Waals surface area contributed by atoms with Gasteiger partial charge in [0.2, 0.25) is 0 Å². The molecular weight excluding hydrogens is 558 g/mol. The number of ketones is 1. The summed E-state index contributed by atoms with van der Waals surface area (Å²) in [6, 6.07) is 19.0. The molecule has 44 heavy (non-hydrogen) atoms. The molecule has 1 fully saturated rings. The van der Waals surface area contributed by atoms with Gasteiger partial charge in [-0.05, 0) is 80.1 Å². The van der Waals surface area contributed by atoms with E-state index < -0.39 is 35.0 Å². The van der Waals surface area contributed by atoms with E-state index in [-0.39, 0.29) is 31.9 Å². The topological polar surface area (TPSA) is 119 Å². The first-order chi connectivity index (χ1) is 20.9. The van der Waals surface area contributed by atoms with Gasteiger partial charge in [0.15, 0.2) is 11.3 Å². The SMILES string of the molecule is CCOC(=O)c1ccc2c(c1)CN(C(=O)C(N)(Cc1ccc3ccccc3c1)C(=O)C1CCN(C(=O)OC(C)(C)C)CC1)C2. The lowest BCUT2D eigenvalue weighted by Crippen LogP contribution is -2.63. The van der Waals surface area contributed by atoms with Crippen molar-refractivity contribution in [3.63, 3.8) is 0 Å². The van der Waals surface area contributed by atoms with E-state index in [1.807, 2.05) is 69.3 Å². The summed E-state index contributed by atoms with van der Waals surface area (Å²) in [4.78, 5) is 56.8. The summed E-state index contributed by atoms with van der Waals surface area (Å²) >= 11 is 0. The van der Waals surface area contributed by atoms with Crippen LogP contribution in [0.15, 0.2) is 60.7 Å². The molecule has 232 valence electrons. The van der Waals surface area contributed by atoms with Gasteiger partial charge < -0.3 is 25.0 Å². The molecule has 0 saturated carbocycles. The Morgan fingerprint density at radius 2 is 1.55 bits per heavy atom. The van der Waals surface area contributed by atoms with Crippen molar-refractivity contribution in [2.45, 2.75) is 71.2 Å². The molecule has 0 bridgehead atoms. The van der Waals surface area contributed by atoms with Gasteiger partial charge in [0.05, 0.1) is 12.2 Å². The average Bonchev–Trinajstić information content (AvgIpc) is 3.43. The number of esters is 1. The Morgan fingerprint density at radius 1 is 0.864 bits per heavy atom. The Balaban J connectivity index is 1.39. The Kier molecular flexibility index (Phi) is 8.79. The average molecular weight is 600 g/mol. The highest BCUT2D eigenvalue weighted by Crippen LogP contribution is 2.32. The highest BCUT2D eigenvalue weighted by atomic mass is 16.6. The summed E-state index contributed by atoms with van der Waals surface area (Å²) < 4.78 is 10.7. The maximum atomic E-state index is 14.3. The summed E-state index contributed by atoms with van der Waals surface area (Å²) in [5.74, 6) is -1.66. The van der Waals surface area contributed by atoms with Crippen LogP contribution in [-0.4, -0.2) is 64.4 Å². The van der Waals surface area contributed by atoms with Crippen molar-refractivity contribution in [3.05, 3.63) is 82.9 Å². The highest BCUT2D eigenvalue weighted by molar-refractivity contribution is 6.11. The fourth-order valence-corrected chi connectivity index (χ4v) is 6.12. The van der Waals surface area contributed by atoms with Crippen LogP contribution in [0.5, 0.6) is 0 Å². The zero-order valence-corrected chi connectivity index (χ0v) is 25.9. The molecule has 0 aromatic heterocycles. The van der Waals surface area contributed by atoms with Crippen molar-refractivity contribution < 1.29 is 28.7 Å². The van der Waals surface area contributed by atoms with Gasteiger partial charge >= 0.3 is 12.1 Å². The van der Waals surface area contributed by atoms with Crippen LogP contribution in [0.4, 0.5) is 4.79 Å². The Morgan fingerprint density at radius 3 is 2.23 bits per heavy atom. The van der Waals surface area contributed by atoms with E-state index in [0.29, 0.717) is 31.5 Å². The van der Waals surface area contributed by atoms with Gasteiger partial charge in [-0.3, -0.25) is 9.59 Å². The molecule has 2 heterocycles. The normalized spacial score (nSPS) is 16.8. The molecule has 9 nitrogen and oxygen atoms in total. The van der Waals surface area contributed by atoms with Gasteiger partial charge in [0.1, 0.15) is 5.60 Å². The number of ether oxygens (including phenoxy) is 2. The van der Waals surface area contributed by atoms with E-state index in [1.165, 1.54) is 0 Å². The maximum Gasteiger partial charge on any atom is 0.410 e. The number of hydrogen-bond donors (Lipinski definition) is 1. The molecule has 3 aromatic carbocycles. The molecule has 1 unspecified atom stereocenters. The maximum absolute atomic E-state index is 14.3. The molecule has 2 amide bonds. The molecule has 2 aliphatic heterocycles. The smallest absolute Gasteiger partial charge is 0.410 e. The molecule has 3 aromatic rings. The van der Waals surface area contributed by atoms with Gasteiger partial charge in [-0.2, -0.15) is 0 Å². The lowest BCUT2D eigenvalue weighted by Gasteiger charge is -2.37. The van der Waals surface area contributed by atoms with E-state index in [1.54, 1.807) is 28.9 Å². The number of amides is 2. The van der Waals surface area contributed by atoms with E-state index in [0.717, 1.165) is 27.5 Å².